The predicted octanol–water partition coefficient (Wildman–Crippen LogP) is 1.88. The maximum absolute atomic E-state index is 13.4. The summed E-state index contributed by atoms with van der Waals surface area (Å²) in [5, 5.41) is 0. The Hall–Kier alpha value is -1.09. The molecule has 0 saturated carbocycles. The quantitative estimate of drug-likeness (QED) is 0.779. The van der Waals surface area contributed by atoms with Crippen molar-refractivity contribution in [1.29, 1.82) is 0 Å². The highest BCUT2D eigenvalue weighted by Crippen LogP contribution is 2.30. The van der Waals surface area contributed by atoms with E-state index in [-0.39, 0.29) is 12.4 Å². The van der Waals surface area contributed by atoms with Crippen molar-refractivity contribution in [2.75, 3.05) is 11.4 Å². The molecule has 1 heterocycles. The molecule has 1 aliphatic heterocycles. The Labute approximate surface area is 83.5 Å². The first-order chi connectivity index (χ1) is 6.74. The highest BCUT2D eigenvalue weighted by atomic mass is 19.1. The van der Waals surface area contributed by atoms with Crippen LogP contribution in [0.15, 0.2) is 18.2 Å². The third-order valence-electron chi connectivity index (χ3n) is 2.93. The smallest absolute Gasteiger partial charge is 0.129 e. The predicted molar refractivity (Wildman–Crippen MR) is 55.7 cm³/mol. The molecule has 1 saturated heterocycles. The minimum atomic E-state index is -0.191. The fourth-order valence-corrected chi connectivity index (χ4v) is 1.89. The molecule has 2 rings (SSSR count). The van der Waals surface area contributed by atoms with Crippen molar-refractivity contribution in [1.82, 2.24) is 0 Å². The normalized spacial score (nSPS) is 20.8. The SMILES string of the molecule is CC1CCN1c1cccc(F)c1CN. The minimum Gasteiger partial charge on any atom is -0.368 e. The summed E-state index contributed by atoms with van der Waals surface area (Å²) >= 11 is 0. The number of benzene rings is 1. The molecule has 1 unspecified atom stereocenters. The summed E-state index contributed by atoms with van der Waals surface area (Å²) < 4.78 is 13.4. The molecule has 14 heavy (non-hydrogen) atoms. The highest BCUT2D eigenvalue weighted by Gasteiger charge is 2.25. The number of nitrogens with two attached hydrogens (primary N) is 1. The van der Waals surface area contributed by atoms with E-state index in [4.69, 9.17) is 5.73 Å². The summed E-state index contributed by atoms with van der Waals surface area (Å²) in [6.07, 6.45) is 1.18. The maximum Gasteiger partial charge on any atom is 0.129 e. The van der Waals surface area contributed by atoms with Crippen LogP contribution >= 0.6 is 0 Å². The average molecular weight is 194 g/mol. The summed E-state index contributed by atoms with van der Waals surface area (Å²) in [4.78, 5) is 2.20. The number of anilines is 1. The van der Waals surface area contributed by atoms with E-state index in [2.05, 4.69) is 11.8 Å². The van der Waals surface area contributed by atoms with Gasteiger partial charge < -0.3 is 10.6 Å². The largest absolute Gasteiger partial charge is 0.368 e. The van der Waals surface area contributed by atoms with Crippen LogP contribution in [0.3, 0.4) is 0 Å². The third kappa shape index (κ3) is 1.38. The molecule has 1 aromatic rings. The zero-order chi connectivity index (χ0) is 10.1. The van der Waals surface area contributed by atoms with Crippen LogP contribution in [-0.4, -0.2) is 12.6 Å². The molecular formula is C11H15FN2. The van der Waals surface area contributed by atoms with Gasteiger partial charge in [0.15, 0.2) is 0 Å². The molecule has 2 nitrogen and oxygen atoms in total. The Balaban J connectivity index is 2.36. The van der Waals surface area contributed by atoms with Gasteiger partial charge in [0.2, 0.25) is 0 Å². The second-order valence-electron chi connectivity index (χ2n) is 3.77. The van der Waals surface area contributed by atoms with E-state index in [1.807, 2.05) is 6.07 Å². The molecule has 0 aliphatic carbocycles. The molecule has 0 aromatic heterocycles. The molecule has 3 heteroatoms. The lowest BCUT2D eigenvalue weighted by atomic mass is 10.0. The Morgan fingerprint density at radius 1 is 1.57 bits per heavy atom. The molecule has 0 radical (unpaired) electrons. The fraction of sp³-hybridized carbons (Fsp3) is 0.455. The van der Waals surface area contributed by atoms with Gasteiger partial charge in [-0.2, -0.15) is 0 Å². The van der Waals surface area contributed by atoms with Crippen molar-refractivity contribution in [2.24, 2.45) is 5.73 Å². The van der Waals surface area contributed by atoms with Crippen LogP contribution < -0.4 is 10.6 Å². The number of hydrogen-bond acceptors (Lipinski definition) is 2. The number of hydrogen-bond donors (Lipinski definition) is 1. The van der Waals surface area contributed by atoms with Crippen molar-refractivity contribution in [3.63, 3.8) is 0 Å². The molecule has 0 amide bonds. The molecule has 1 aromatic carbocycles. The molecule has 1 aliphatic rings. The number of rotatable bonds is 2. The van der Waals surface area contributed by atoms with Crippen molar-refractivity contribution in [2.45, 2.75) is 25.9 Å². The first kappa shape index (κ1) is 9.46. The van der Waals surface area contributed by atoms with E-state index < -0.39 is 0 Å². The Morgan fingerprint density at radius 2 is 2.36 bits per heavy atom. The van der Waals surface area contributed by atoms with Gasteiger partial charge in [-0.1, -0.05) is 6.07 Å². The topological polar surface area (TPSA) is 29.3 Å². The second kappa shape index (κ2) is 3.58. The summed E-state index contributed by atoms with van der Waals surface area (Å²) in [5.41, 5.74) is 7.15. The Kier molecular flexibility index (Phi) is 2.42. The van der Waals surface area contributed by atoms with Crippen LogP contribution in [0.5, 0.6) is 0 Å². The molecule has 76 valence electrons. The Bertz CT molecular complexity index is 338. The fourth-order valence-electron chi connectivity index (χ4n) is 1.89. The minimum absolute atomic E-state index is 0.191. The first-order valence-corrected chi connectivity index (χ1v) is 4.98. The van der Waals surface area contributed by atoms with Gasteiger partial charge in [-0.25, -0.2) is 4.39 Å². The van der Waals surface area contributed by atoms with Gasteiger partial charge in [0.25, 0.3) is 0 Å². The second-order valence-corrected chi connectivity index (χ2v) is 3.77. The monoisotopic (exact) mass is 194 g/mol. The van der Waals surface area contributed by atoms with Crippen LogP contribution in [0.1, 0.15) is 18.9 Å². The number of halogens is 1. The van der Waals surface area contributed by atoms with Crippen LogP contribution in [0.25, 0.3) is 0 Å². The maximum atomic E-state index is 13.4. The summed E-state index contributed by atoms with van der Waals surface area (Å²) in [7, 11) is 0. The zero-order valence-corrected chi connectivity index (χ0v) is 8.33. The van der Waals surface area contributed by atoms with Gasteiger partial charge in [0, 0.05) is 30.4 Å². The molecule has 0 spiro atoms. The summed E-state index contributed by atoms with van der Waals surface area (Å²) in [5.74, 6) is -0.191. The third-order valence-corrected chi connectivity index (χ3v) is 2.93. The molecular weight excluding hydrogens is 179 g/mol. The average Bonchev–Trinajstić information content (AvgIpc) is 2.16. The van der Waals surface area contributed by atoms with Crippen molar-refractivity contribution in [3.8, 4) is 0 Å². The lowest BCUT2D eigenvalue weighted by Crippen LogP contribution is -2.46. The van der Waals surface area contributed by atoms with Gasteiger partial charge in [-0.05, 0) is 25.5 Å². The van der Waals surface area contributed by atoms with Crippen molar-refractivity contribution in [3.05, 3.63) is 29.6 Å². The lowest BCUT2D eigenvalue weighted by Gasteiger charge is -2.41. The first-order valence-electron chi connectivity index (χ1n) is 4.98. The van der Waals surface area contributed by atoms with Gasteiger partial charge in [0.05, 0.1) is 0 Å². The highest BCUT2D eigenvalue weighted by molar-refractivity contribution is 5.56. The standard InChI is InChI=1S/C11H15FN2/c1-8-5-6-14(8)11-4-2-3-10(12)9(11)7-13/h2-4,8H,5-7,13H2,1H3. The van der Waals surface area contributed by atoms with E-state index in [1.165, 1.54) is 12.5 Å². The van der Waals surface area contributed by atoms with Crippen LogP contribution in [0, 0.1) is 5.82 Å². The van der Waals surface area contributed by atoms with Gasteiger partial charge >= 0.3 is 0 Å². The Morgan fingerprint density at radius 3 is 2.86 bits per heavy atom. The van der Waals surface area contributed by atoms with Crippen LogP contribution in [0.2, 0.25) is 0 Å². The van der Waals surface area contributed by atoms with E-state index in [0.29, 0.717) is 11.6 Å². The van der Waals surface area contributed by atoms with Crippen molar-refractivity contribution < 1.29 is 4.39 Å². The van der Waals surface area contributed by atoms with E-state index in [1.54, 1.807) is 6.07 Å². The van der Waals surface area contributed by atoms with Gasteiger partial charge in [-0.15, -0.1) is 0 Å². The zero-order valence-electron chi connectivity index (χ0n) is 8.33. The van der Waals surface area contributed by atoms with E-state index in [9.17, 15) is 4.39 Å². The van der Waals surface area contributed by atoms with Gasteiger partial charge in [-0.3, -0.25) is 0 Å². The summed E-state index contributed by atoms with van der Waals surface area (Å²) in [6.45, 7) is 3.43. The van der Waals surface area contributed by atoms with Crippen LogP contribution in [-0.2, 0) is 6.54 Å². The molecule has 1 atom stereocenters. The summed E-state index contributed by atoms with van der Waals surface area (Å²) in [6, 6.07) is 5.67. The number of nitrogens with zero attached hydrogens (tertiary/aromatic N) is 1. The lowest BCUT2D eigenvalue weighted by molar-refractivity contribution is 0.477. The van der Waals surface area contributed by atoms with E-state index in [0.717, 1.165) is 12.2 Å². The molecule has 2 N–H and O–H groups in total. The molecule has 0 bridgehead atoms. The van der Waals surface area contributed by atoms with E-state index >= 15 is 0 Å². The van der Waals surface area contributed by atoms with Gasteiger partial charge in [0.1, 0.15) is 5.82 Å². The van der Waals surface area contributed by atoms with Crippen LogP contribution in [0.4, 0.5) is 10.1 Å². The molecule has 1 fully saturated rings. The van der Waals surface area contributed by atoms with Crippen molar-refractivity contribution >= 4 is 5.69 Å².